The fourth-order valence-electron chi connectivity index (χ4n) is 2.56. The Morgan fingerprint density at radius 3 is 1.29 bits per heavy atom. The molecule has 0 saturated carbocycles. The standard InChI is InChI=1S/C24H32N2O2/c1-5-9-16-25(17-10-6-2)23(27)21-14-13-15-22(20-21)24(28)26(18-11-7-3)19-12-8-4/h5-15,20H,16-19H2,1-4H3. The summed E-state index contributed by atoms with van der Waals surface area (Å²) < 4.78 is 0. The highest BCUT2D eigenvalue weighted by Gasteiger charge is 2.18. The van der Waals surface area contributed by atoms with E-state index in [1.54, 1.807) is 34.1 Å². The lowest BCUT2D eigenvalue weighted by atomic mass is 10.1. The van der Waals surface area contributed by atoms with Gasteiger partial charge in [-0.1, -0.05) is 54.7 Å². The maximum atomic E-state index is 13.0. The minimum Gasteiger partial charge on any atom is -0.331 e. The number of allylic oxidation sites excluding steroid dienone is 4. The van der Waals surface area contributed by atoms with Crippen LogP contribution in [-0.4, -0.2) is 47.8 Å². The molecular formula is C24H32N2O2. The van der Waals surface area contributed by atoms with Crippen LogP contribution in [0, 0.1) is 0 Å². The zero-order valence-electron chi connectivity index (χ0n) is 17.5. The molecule has 0 aliphatic heterocycles. The van der Waals surface area contributed by atoms with Gasteiger partial charge in [-0.05, 0) is 45.9 Å². The minimum absolute atomic E-state index is 0.0840. The van der Waals surface area contributed by atoms with Gasteiger partial charge in [-0.25, -0.2) is 0 Å². The number of carbonyl (C=O) groups excluding carboxylic acids is 2. The number of hydrogen-bond acceptors (Lipinski definition) is 2. The first-order valence-electron chi connectivity index (χ1n) is 9.72. The Morgan fingerprint density at radius 2 is 1.00 bits per heavy atom. The first kappa shape index (κ1) is 23.2. The molecule has 0 N–H and O–H groups in total. The van der Waals surface area contributed by atoms with Crippen LogP contribution in [-0.2, 0) is 0 Å². The molecule has 0 saturated heterocycles. The lowest BCUT2D eigenvalue weighted by molar-refractivity contribution is 0.0789. The van der Waals surface area contributed by atoms with E-state index in [4.69, 9.17) is 0 Å². The molecule has 0 aliphatic carbocycles. The summed E-state index contributed by atoms with van der Waals surface area (Å²) in [5.74, 6) is -0.168. The average Bonchev–Trinajstić information content (AvgIpc) is 2.73. The molecule has 0 heterocycles. The monoisotopic (exact) mass is 380 g/mol. The van der Waals surface area contributed by atoms with Crippen LogP contribution < -0.4 is 0 Å². The van der Waals surface area contributed by atoms with Crippen molar-refractivity contribution in [2.45, 2.75) is 27.7 Å². The first-order chi connectivity index (χ1) is 13.6. The van der Waals surface area contributed by atoms with Crippen molar-refractivity contribution in [2.75, 3.05) is 26.2 Å². The van der Waals surface area contributed by atoms with Crippen molar-refractivity contribution in [3.8, 4) is 0 Å². The van der Waals surface area contributed by atoms with Crippen molar-refractivity contribution in [1.29, 1.82) is 0 Å². The van der Waals surface area contributed by atoms with Crippen LogP contribution in [0.3, 0.4) is 0 Å². The Morgan fingerprint density at radius 1 is 0.679 bits per heavy atom. The zero-order chi connectivity index (χ0) is 20.8. The summed E-state index contributed by atoms with van der Waals surface area (Å²) in [5.41, 5.74) is 1.05. The van der Waals surface area contributed by atoms with Gasteiger partial charge in [0.25, 0.3) is 11.8 Å². The van der Waals surface area contributed by atoms with E-state index in [1.807, 2.05) is 76.3 Å². The van der Waals surface area contributed by atoms with Gasteiger partial charge < -0.3 is 9.80 Å². The summed E-state index contributed by atoms with van der Waals surface area (Å²) in [6.45, 7) is 9.87. The Hall–Kier alpha value is -2.88. The van der Waals surface area contributed by atoms with Crippen LogP contribution in [0.2, 0.25) is 0 Å². The summed E-state index contributed by atoms with van der Waals surface area (Å²) >= 11 is 0. The molecule has 28 heavy (non-hydrogen) atoms. The Bertz CT molecular complexity index is 657. The van der Waals surface area contributed by atoms with Gasteiger partial charge in [-0.3, -0.25) is 9.59 Å². The summed E-state index contributed by atoms with van der Waals surface area (Å²) in [4.78, 5) is 29.4. The minimum atomic E-state index is -0.0840. The molecule has 2 amide bonds. The van der Waals surface area contributed by atoms with Gasteiger partial charge in [-0.2, -0.15) is 0 Å². The molecule has 4 nitrogen and oxygen atoms in total. The van der Waals surface area contributed by atoms with Crippen LogP contribution in [0.25, 0.3) is 0 Å². The molecule has 1 rings (SSSR count). The van der Waals surface area contributed by atoms with Crippen molar-refractivity contribution in [3.05, 3.63) is 84.0 Å². The Labute approximate surface area is 169 Å². The fraction of sp³-hybridized carbons (Fsp3) is 0.333. The Balaban J connectivity index is 3.09. The van der Waals surface area contributed by atoms with Crippen molar-refractivity contribution in [3.63, 3.8) is 0 Å². The molecule has 0 radical (unpaired) electrons. The third-order valence-corrected chi connectivity index (χ3v) is 4.18. The third-order valence-electron chi connectivity index (χ3n) is 4.18. The number of hydrogen-bond donors (Lipinski definition) is 0. The summed E-state index contributed by atoms with van der Waals surface area (Å²) in [6.07, 6.45) is 15.5. The second-order valence-corrected chi connectivity index (χ2v) is 6.28. The lowest BCUT2D eigenvalue weighted by Crippen LogP contribution is -2.33. The zero-order valence-corrected chi connectivity index (χ0v) is 17.5. The molecule has 0 spiro atoms. The van der Waals surface area contributed by atoms with Crippen molar-refractivity contribution < 1.29 is 9.59 Å². The first-order valence-corrected chi connectivity index (χ1v) is 9.72. The van der Waals surface area contributed by atoms with Crippen LogP contribution in [0.4, 0.5) is 0 Å². The molecule has 0 bridgehead atoms. The molecule has 1 aromatic carbocycles. The van der Waals surface area contributed by atoms with E-state index in [1.165, 1.54) is 0 Å². The summed E-state index contributed by atoms with van der Waals surface area (Å²) in [6, 6.07) is 6.99. The predicted octanol–water partition coefficient (Wildman–Crippen LogP) is 4.88. The molecule has 0 atom stereocenters. The second-order valence-electron chi connectivity index (χ2n) is 6.28. The number of carbonyl (C=O) groups is 2. The number of rotatable bonds is 10. The summed E-state index contributed by atoms with van der Waals surface area (Å²) in [7, 11) is 0. The van der Waals surface area contributed by atoms with Crippen LogP contribution >= 0.6 is 0 Å². The molecule has 150 valence electrons. The normalized spacial score (nSPS) is 11.9. The smallest absolute Gasteiger partial charge is 0.254 e. The van der Waals surface area contributed by atoms with Gasteiger partial charge in [0.15, 0.2) is 0 Å². The van der Waals surface area contributed by atoms with E-state index in [0.29, 0.717) is 37.3 Å². The molecule has 4 heteroatoms. The maximum absolute atomic E-state index is 13.0. The van der Waals surface area contributed by atoms with E-state index in [2.05, 4.69) is 0 Å². The van der Waals surface area contributed by atoms with Crippen LogP contribution in [0.15, 0.2) is 72.9 Å². The van der Waals surface area contributed by atoms with Gasteiger partial charge in [0.05, 0.1) is 0 Å². The lowest BCUT2D eigenvalue weighted by Gasteiger charge is -2.22. The van der Waals surface area contributed by atoms with Gasteiger partial charge in [0.2, 0.25) is 0 Å². The van der Waals surface area contributed by atoms with Crippen molar-refractivity contribution >= 4 is 11.8 Å². The molecule has 0 fully saturated rings. The number of nitrogens with zero attached hydrogens (tertiary/aromatic N) is 2. The van der Waals surface area contributed by atoms with E-state index in [9.17, 15) is 9.59 Å². The SMILES string of the molecule is CC=CCN(CC=CC)C(=O)c1cccc(C(=O)N(CC=CC)CC=CC)c1. The highest BCUT2D eigenvalue weighted by molar-refractivity contribution is 5.99. The van der Waals surface area contributed by atoms with Gasteiger partial charge in [-0.15, -0.1) is 0 Å². The van der Waals surface area contributed by atoms with Crippen LogP contribution in [0.1, 0.15) is 48.4 Å². The molecular weight excluding hydrogens is 348 g/mol. The van der Waals surface area contributed by atoms with E-state index in [-0.39, 0.29) is 11.8 Å². The average molecular weight is 381 g/mol. The second kappa shape index (κ2) is 13.3. The largest absolute Gasteiger partial charge is 0.331 e. The van der Waals surface area contributed by atoms with Crippen molar-refractivity contribution in [2.24, 2.45) is 0 Å². The molecule has 0 aliphatic rings. The molecule has 1 aromatic rings. The third kappa shape index (κ3) is 7.39. The van der Waals surface area contributed by atoms with Gasteiger partial charge in [0.1, 0.15) is 0 Å². The predicted molar refractivity (Wildman–Crippen MR) is 118 cm³/mol. The number of amides is 2. The summed E-state index contributed by atoms with van der Waals surface area (Å²) in [5, 5.41) is 0. The van der Waals surface area contributed by atoms with Crippen LogP contribution in [0.5, 0.6) is 0 Å². The topological polar surface area (TPSA) is 40.6 Å². The van der Waals surface area contributed by atoms with Gasteiger partial charge in [0, 0.05) is 37.3 Å². The fourth-order valence-corrected chi connectivity index (χ4v) is 2.56. The van der Waals surface area contributed by atoms with E-state index < -0.39 is 0 Å². The highest BCUT2D eigenvalue weighted by atomic mass is 16.2. The van der Waals surface area contributed by atoms with Crippen molar-refractivity contribution in [1.82, 2.24) is 9.80 Å². The van der Waals surface area contributed by atoms with E-state index >= 15 is 0 Å². The number of benzene rings is 1. The maximum Gasteiger partial charge on any atom is 0.254 e. The molecule has 0 unspecified atom stereocenters. The van der Waals surface area contributed by atoms with Gasteiger partial charge >= 0.3 is 0 Å². The quantitative estimate of drug-likeness (QED) is 0.543. The Kier molecular flexibility index (Phi) is 11.0. The van der Waals surface area contributed by atoms with E-state index in [0.717, 1.165) is 0 Å². The highest BCUT2D eigenvalue weighted by Crippen LogP contribution is 2.12. The molecule has 0 aromatic heterocycles.